The average molecular weight is 481 g/mol. The Labute approximate surface area is 198 Å². The second-order valence-electron chi connectivity index (χ2n) is 7.77. The van der Waals surface area contributed by atoms with Gasteiger partial charge < -0.3 is 42.9 Å². The van der Waals surface area contributed by atoms with Crippen LogP contribution in [-0.4, -0.2) is 72.6 Å². The molecule has 0 bridgehead atoms. The van der Waals surface area contributed by atoms with Crippen molar-refractivity contribution < 1.29 is 29.4 Å². The summed E-state index contributed by atoms with van der Waals surface area (Å²) in [6, 6.07) is 2.64. The number of unbranched alkanes of at least 4 members (excludes halogenated alkanes) is 1. The molecule has 1 atom stereocenters. The minimum Gasteiger partial charge on any atom is -0.508 e. The zero-order valence-corrected chi connectivity index (χ0v) is 19.3. The molecule has 1 aromatic carbocycles. The summed E-state index contributed by atoms with van der Waals surface area (Å²) < 4.78 is 0. The number of hydrogen-bond donors (Lipinski definition) is 8. The minimum atomic E-state index is -1.16. The summed E-state index contributed by atoms with van der Waals surface area (Å²) in [5.74, 6) is -2.39. The van der Waals surface area contributed by atoms with Crippen LogP contribution in [0.25, 0.3) is 0 Å². The lowest BCUT2D eigenvalue weighted by Crippen LogP contribution is -2.49. The summed E-state index contributed by atoms with van der Waals surface area (Å²) in [6.07, 6.45) is 1.82. The monoisotopic (exact) mass is 480 g/mol. The van der Waals surface area contributed by atoms with Crippen LogP contribution in [0.4, 0.5) is 0 Å². The van der Waals surface area contributed by atoms with Gasteiger partial charge in [0.05, 0.1) is 12.8 Å². The van der Waals surface area contributed by atoms with Crippen LogP contribution in [-0.2, 0) is 25.6 Å². The van der Waals surface area contributed by atoms with E-state index in [0.29, 0.717) is 45.4 Å². The normalized spacial score (nSPS) is 11.4. The van der Waals surface area contributed by atoms with Crippen molar-refractivity contribution in [2.75, 3.05) is 32.7 Å². The lowest BCUT2D eigenvalue weighted by atomic mass is 10.1. The Balaban J connectivity index is 2.33. The zero-order chi connectivity index (χ0) is 25.3. The summed E-state index contributed by atoms with van der Waals surface area (Å²) in [6.45, 7) is 2.73. The summed E-state index contributed by atoms with van der Waals surface area (Å²) in [7, 11) is 0. The lowest BCUT2D eigenvalue weighted by Gasteiger charge is -2.17. The topological polar surface area (TPSA) is 209 Å². The molecule has 0 aliphatic carbocycles. The molecule has 0 saturated carbocycles. The Bertz CT molecular complexity index is 819. The van der Waals surface area contributed by atoms with E-state index in [1.807, 2.05) is 0 Å². The molecule has 0 heterocycles. The van der Waals surface area contributed by atoms with Crippen molar-refractivity contribution >= 4 is 23.6 Å². The maximum Gasteiger partial charge on any atom is 0.243 e. The SMILES string of the molecule is NCCCNCCC(=O)NCCCCNC(=O)[C@H](CC(N)=O)NC(=O)Cc1ccc(O)cc1O. The van der Waals surface area contributed by atoms with Gasteiger partial charge in [-0.15, -0.1) is 0 Å². The van der Waals surface area contributed by atoms with E-state index in [9.17, 15) is 29.4 Å². The molecule has 12 nitrogen and oxygen atoms in total. The molecule has 4 amide bonds. The van der Waals surface area contributed by atoms with Crippen molar-refractivity contribution in [3.8, 4) is 11.5 Å². The highest BCUT2D eigenvalue weighted by atomic mass is 16.3. The fourth-order valence-corrected chi connectivity index (χ4v) is 2.99. The van der Waals surface area contributed by atoms with E-state index in [1.54, 1.807) is 0 Å². The van der Waals surface area contributed by atoms with Crippen molar-refractivity contribution in [2.24, 2.45) is 11.5 Å². The first-order chi connectivity index (χ1) is 16.2. The van der Waals surface area contributed by atoms with Gasteiger partial charge in [0.2, 0.25) is 23.6 Å². The number of benzene rings is 1. The first kappa shape index (κ1) is 28.7. The number of amides is 4. The predicted molar refractivity (Wildman–Crippen MR) is 126 cm³/mol. The summed E-state index contributed by atoms with van der Waals surface area (Å²) >= 11 is 0. The first-order valence-electron chi connectivity index (χ1n) is 11.3. The highest BCUT2D eigenvalue weighted by Gasteiger charge is 2.23. The fraction of sp³-hybridized carbons (Fsp3) is 0.545. The number of primary amides is 1. The quantitative estimate of drug-likeness (QED) is 0.121. The molecule has 1 aromatic rings. The molecular weight excluding hydrogens is 444 g/mol. The smallest absolute Gasteiger partial charge is 0.243 e. The Morgan fingerprint density at radius 1 is 0.912 bits per heavy atom. The van der Waals surface area contributed by atoms with Crippen LogP contribution in [0.15, 0.2) is 18.2 Å². The van der Waals surface area contributed by atoms with Gasteiger partial charge in [-0.1, -0.05) is 6.07 Å². The number of carbonyl (C=O) groups is 4. The molecule has 34 heavy (non-hydrogen) atoms. The van der Waals surface area contributed by atoms with Crippen molar-refractivity contribution in [1.82, 2.24) is 21.3 Å². The molecule has 0 spiro atoms. The molecule has 0 radical (unpaired) electrons. The highest BCUT2D eigenvalue weighted by molar-refractivity contribution is 5.92. The van der Waals surface area contributed by atoms with Gasteiger partial charge >= 0.3 is 0 Å². The summed E-state index contributed by atoms with van der Waals surface area (Å²) in [4.78, 5) is 47.7. The maximum atomic E-state index is 12.4. The molecule has 12 heteroatoms. The zero-order valence-electron chi connectivity index (χ0n) is 19.3. The molecule has 0 fully saturated rings. The van der Waals surface area contributed by atoms with E-state index in [4.69, 9.17) is 11.5 Å². The molecule has 190 valence electrons. The third kappa shape index (κ3) is 12.6. The molecule has 0 aliphatic rings. The number of nitrogens with two attached hydrogens (primary N) is 2. The molecule has 0 saturated heterocycles. The number of rotatable bonds is 17. The van der Waals surface area contributed by atoms with Gasteiger partial charge in [-0.3, -0.25) is 19.2 Å². The summed E-state index contributed by atoms with van der Waals surface area (Å²) in [5, 5.41) is 30.1. The van der Waals surface area contributed by atoms with E-state index in [-0.39, 0.29) is 35.8 Å². The number of carbonyl (C=O) groups excluding carboxylic acids is 4. The largest absolute Gasteiger partial charge is 0.508 e. The standard InChI is InChI=1S/C22H36N6O6/c23-7-3-8-25-11-6-20(32)26-9-1-2-10-27-22(34)17(14-19(24)31)28-21(33)12-15-4-5-16(29)13-18(15)30/h4-5,13,17,25,29-30H,1-3,6-12,14,23H2,(H2,24,31)(H,26,32)(H,27,34)(H,28,33)/t17-/m0/s1. The van der Waals surface area contributed by atoms with Gasteiger partial charge in [0, 0.05) is 37.7 Å². The number of phenols is 2. The molecule has 0 aliphatic heterocycles. The van der Waals surface area contributed by atoms with Crippen molar-refractivity contribution in [3.05, 3.63) is 23.8 Å². The lowest BCUT2D eigenvalue weighted by molar-refractivity contribution is -0.131. The van der Waals surface area contributed by atoms with E-state index in [0.717, 1.165) is 19.0 Å². The van der Waals surface area contributed by atoms with E-state index in [1.165, 1.54) is 12.1 Å². The first-order valence-corrected chi connectivity index (χ1v) is 11.3. The third-order valence-electron chi connectivity index (χ3n) is 4.79. The number of hydrogen-bond acceptors (Lipinski definition) is 8. The minimum absolute atomic E-state index is 0.0619. The van der Waals surface area contributed by atoms with Crippen molar-refractivity contribution in [1.29, 1.82) is 0 Å². The van der Waals surface area contributed by atoms with Crippen LogP contribution in [0.2, 0.25) is 0 Å². The molecule has 10 N–H and O–H groups in total. The van der Waals surface area contributed by atoms with Gasteiger partial charge in [0.1, 0.15) is 17.5 Å². The summed E-state index contributed by atoms with van der Waals surface area (Å²) in [5.41, 5.74) is 10.8. The molecule has 0 aromatic heterocycles. The second-order valence-corrected chi connectivity index (χ2v) is 7.77. The molecule has 1 rings (SSSR count). The maximum absolute atomic E-state index is 12.4. The van der Waals surface area contributed by atoms with E-state index < -0.39 is 23.8 Å². The van der Waals surface area contributed by atoms with Crippen molar-refractivity contribution in [2.45, 2.75) is 44.6 Å². The van der Waals surface area contributed by atoms with E-state index >= 15 is 0 Å². The van der Waals surface area contributed by atoms with Crippen LogP contribution >= 0.6 is 0 Å². The van der Waals surface area contributed by atoms with Gasteiger partial charge in [0.25, 0.3) is 0 Å². The number of phenolic OH excluding ortho intramolecular Hbond substituents is 2. The Morgan fingerprint density at radius 2 is 1.62 bits per heavy atom. The van der Waals surface area contributed by atoms with Crippen LogP contribution < -0.4 is 32.7 Å². The molecular formula is C22H36N6O6. The second kappa shape index (κ2) is 16.3. The Kier molecular flexibility index (Phi) is 13.7. The number of nitrogens with one attached hydrogen (secondary N) is 4. The van der Waals surface area contributed by atoms with Gasteiger partial charge in [-0.2, -0.15) is 0 Å². The van der Waals surface area contributed by atoms with Crippen LogP contribution in [0.5, 0.6) is 11.5 Å². The average Bonchev–Trinajstić information content (AvgIpc) is 2.77. The van der Waals surface area contributed by atoms with Crippen LogP contribution in [0, 0.1) is 0 Å². The van der Waals surface area contributed by atoms with Crippen LogP contribution in [0.1, 0.15) is 37.7 Å². The molecule has 0 unspecified atom stereocenters. The van der Waals surface area contributed by atoms with Crippen molar-refractivity contribution in [3.63, 3.8) is 0 Å². The number of aromatic hydroxyl groups is 2. The van der Waals surface area contributed by atoms with Gasteiger partial charge in [0.15, 0.2) is 0 Å². The predicted octanol–water partition coefficient (Wildman–Crippen LogP) is -1.66. The Morgan fingerprint density at radius 3 is 2.26 bits per heavy atom. The fourth-order valence-electron chi connectivity index (χ4n) is 2.99. The van der Waals surface area contributed by atoms with Gasteiger partial charge in [-0.05, 0) is 38.4 Å². The van der Waals surface area contributed by atoms with E-state index in [2.05, 4.69) is 21.3 Å². The van der Waals surface area contributed by atoms with Crippen LogP contribution in [0.3, 0.4) is 0 Å². The van der Waals surface area contributed by atoms with Gasteiger partial charge in [-0.25, -0.2) is 0 Å². The highest BCUT2D eigenvalue weighted by Crippen LogP contribution is 2.22. The Hall–Kier alpha value is -3.38. The third-order valence-corrected chi connectivity index (χ3v) is 4.79.